The van der Waals surface area contributed by atoms with Gasteiger partial charge in [-0.1, -0.05) is 61.7 Å². The van der Waals surface area contributed by atoms with Crippen LogP contribution in [0.15, 0.2) is 48.5 Å². The van der Waals surface area contributed by atoms with Gasteiger partial charge in [0, 0.05) is 12.6 Å². The fraction of sp³-hybridized carbons (Fsp3) is 0.462. The monoisotopic (exact) mass is 422 g/mol. The van der Waals surface area contributed by atoms with Crippen molar-refractivity contribution >= 4 is 11.8 Å². The van der Waals surface area contributed by atoms with Gasteiger partial charge in [-0.05, 0) is 49.4 Å². The van der Waals surface area contributed by atoms with Gasteiger partial charge in [-0.3, -0.25) is 9.59 Å². The maximum absolute atomic E-state index is 13.4. The van der Waals surface area contributed by atoms with E-state index in [4.69, 9.17) is 4.74 Å². The van der Waals surface area contributed by atoms with Gasteiger partial charge < -0.3 is 15.0 Å². The van der Waals surface area contributed by atoms with Crippen LogP contribution in [0.2, 0.25) is 0 Å². The Kier molecular flexibility index (Phi) is 8.10. The number of aryl methyl sites for hydroxylation is 1. The first-order valence-electron chi connectivity index (χ1n) is 11.3. The second-order valence-corrected chi connectivity index (χ2v) is 8.45. The molecule has 1 atom stereocenters. The number of methoxy groups -OCH3 is 1. The highest BCUT2D eigenvalue weighted by atomic mass is 16.5. The molecule has 31 heavy (non-hydrogen) atoms. The van der Waals surface area contributed by atoms with E-state index in [9.17, 15) is 9.59 Å². The van der Waals surface area contributed by atoms with E-state index in [0.717, 1.165) is 48.1 Å². The second-order valence-electron chi connectivity index (χ2n) is 8.45. The third-order valence-electron chi connectivity index (χ3n) is 6.04. The summed E-state index contributed by atoms with van der Waals surface area (Å²) in [5.74, 6) is 0.681. The Morgan fingerprint density at radius 3 is 2.42 bits per heavy atom. The Bertz CT molecular complexity index is 872. The van der Waals surface area contributed by atoms with Gasteiger partial charge in [-0.25, -0.2) is 0 Å². The fourth-order valence-electron chi connectivity index (χ4n) is 4.31. The summed E-state index contributed by atoms with van der Waals surface area (Å²) in [5.41, 5.74) is 3.09. The van der Waals surface area contributed by atoms with E-state index >= 15 is 0 Å². The summed E-state index contributed by atoms with van der Waals surface area (Å²) in [7, 11) is 1.62. The number of nitrogens with zero attached hydrogens (tertiary/aromatic N) is 1. The third-order valence-corrected chi connectivity index (χ3v) is 6.04. The van der Waals surface area contributed by atoms with Crippen molar-refractivity contribution in [2.75, 3.05) is 7.11 Å². The highest BCUT2D eigenvalue weighted by molar-refractivity contribution is 5.88. The van der Waals surface area contributed by atoms with Gasteiger partial charge in [-0.2, -0.15) is 0 Å². The zero-order valence-electron chi connectivity index (χ0n) is 18.9. The van der Waals surface area contributed by atoms with E-state index in [0.29, 0.717) is 13.0 Å². The summed E-state index contributed by atoms with van der Waals surface area (Å²) in [5, 5.41) is 3.19. The van der Waals surface area contributed by atoms with Crippen LogP contribution in [0.25, 0.3) is 0 Å². The van der Waals surface area contributed by atoms with Gasteiger partial charge in [0.1, 0.15) is 11.8 Å². The number of hydrogen-bond acceptors (Lipinski definition) is 3. The molecule has 2 amide bonds. The van der Waals surface area contributed by atoms with Crippen LogP contribution < -0.4 is 10.1 Å². The summed E-state index contributed by atoms with van der Waals surface area (Å²) in [4.78, 5) is 28.3. The SMILES string of the molecule is CCC(C(=O)NC1CCCC1)N(Cc1cccc(C)c1)C(=O)Cc1ccc(OC)cc1. The molecule has 2 aromatic carbocycles. The molecule has 3 rings (SSSR count). The molecule has 1 aliphatic carbocycles. The summed E-state index contributed by atoms with van der Waals surface area (Å²) in [6.07, 6.45) is 5.21. The minimum atomic E-state index is -0.480. The molecule has 1 saturated carbocycles. The first-order chi connectivity index (χ1) is 15.0. The molecule has 0 bridgehead atoms. The Labute approximate surface area is 185 Å². The molecule has 0 heterocycles. The minimum Gasteiger partial charge on any atom is -0.497 e. The van der Waals surface area contributed by atoms with Crippen LogP contribution in [0.1, 0.15) is 55.7 Å². The van der Waals surface area contributed by atoms with Crippen LogP contribution in [0.4, 0.5) is 0 Å². The lowest BCUT2D eigenvalue weighted by atomic mass is 10.0. The van der Waals surface area contributed by atoms with Crippen LogP contribution >= 0.6 is 0 Å². The number of amides is 2. The normalized spacial score (nSPS) is 14.8. The summed E-state index contributed by atoms with van der Waals surface area (Å²) < 4.78 is 5.21. The summed E-state index contributed by atoms with van der Waals surface area (Å²) in [6.45, 7) is 4.44. The topological polar surface area (TPSA) is 58.6 Å². The van der Waals surface area contributed by atoms with Crippen molar-refractivity contribution in [2.45, 2.75) is 71.0 Å². The van der Waals surface area contributed by atoms with Gasteiger partial charge in [-0.15, -0.1) is 0 Å². The van der Waals surface area contributed by atoms with Crippen molar-refractivity contribution in [3.8, 4) is 5.75 Å². The molecule has 5 heteroatoms. The predicted octanol–water partition coefficient (Wildman–Crippen LogP) is 4.41. The lowest BCUT2D eigenvalue weighted by Crippen LogP contribution is -2.51. The molecule has 0 aliphatic heterocycles. The molecule has 166 valence electrons. The molecule has 0 aromatic heterocycles. The first kappa shape index (κ1) is 22.9. The van der Waals surface area contributed by atoms with Crippen LogP contribution in [0, 0.1) is 6.92 Å². The molecule has 1 N–H and O–H groups in total. The van der Waals surface area contributed by atoms with E-state index in [-0.39, 0.29) is 24.3 Å². The maximum atomic E-state index is 13.4. The number of benzene rings is 2. The lowest BCUT2D eigenvalue weighted by Gasteiger charge is -2.31. The first-order valence-corrected chi connectivity index (χ1v) is 11.3. The van der Waals surface area contributed by atoms with Gasteiger partial charge in [0.05, 0.1) is 13.5 Å². The van der Waals surface area contributed by atoms with Crippen LogP contribution in [-0.4, -0.2) is 35.9 Å². The zero-order valence-corrected chi connectivity index (χ0v) is 18.9. The highest BCUT2D eigenvalue weighted by Gasteiger charge is 2.30. The standard InChI is InChI=1S/C26H34N2O3/c1-4-24(26(30)27-22-10-5-6-11-22)28(18-21-9-7-8-19(2)16-21)25(29)17-20-12-14-23(31-3)15-13-20/h7-9,12-16,22,24H,4-6,10-11,17-18H2,1-3H3,(H,27,30). The average Bonchev–Trinajstić information content (AvgIpc) is 3.27. The van der Waals surface area contributed by atoms with Crippen LogP contribution in [-0.2, 0) is 22.6 Å². The van der Waals surface area contributed by atoms with Crippen LogP contribution in [0.5, 0.6) is 5.75 Å². The Hall–Kier alpha value is -2.82. The van der Waals surface area contributed by atoms with Crippen molar-refractivity contribution in [3.05, 3.63) is 65.2 Å². The summed E-state index contributed by atoms with van der Waals surface area (Å²) >= 11 is 0. The molecule has 0 radical (unpaired) electrons. The van der Waals surface area contributed by atoms with E-state index in [2.05, 4.69) is 11.4 Å². The predicted molar refractivity (Wildman–Crippen MR) is 123 cm³/mol. The van der Waals surface area contributed by atoms with Gasteiger partial charge in [0.15, 0.2) is 0 Å². The quantitative estimate of drug-likeness (QED) is 0.651. The van der Waals surface area contributed by atoms with Crippen molar-refractivity contribution in [2.24, 2.45) is 0 Å². The maximum Gasteiger partial charge on any atom is 0.243 e. The van der Waals surface area contributed by atoms with Gasteiger partial charge >= 0.3 is 0 Å². The smallest absolute Gasteiger partial charge is 0.243 e. The molecule has 1 fully saturated rings. The molecule has 1 aliphatic rings. The van der Waals surface area contributed by atoms with Crippen LogP contribution in [0.3, 0.4) is 0 Å². The highest BCUT2D eigenvalue weighted by Crippen LogP contribution is 2.20. The molecule has 5 nitrogen and oxygen atoms in total. The molecule has 0 saturated heterocycles. The number of carbonyl (C=O) groups is 2. The number of rotatable bonds is 9. The van der Waals surface area contributed by atoms with Gasteiger partial charge in [0.25, 0.3) is 0 Å². The molecule has 0 spiro atoms. The van der Waals surface area contributed by atoms with Crippen molar-refractivity contribution in [1.29, 1.82) is 0 Å². The number of hydrogen-bond donors (Lipinski definition) is 1. The Balaban J connectivity index is 1.80. The Morgan fingerprint density at radius 1 is 1.10 bits per heavy atom. The number of ether oxygens (including phenoxy) is 1. The molecular formula is C26H34N2O3. The fourth-order valence-corrected chi connectivity index (χ4v) is 4.31. The van der Waals surface area contributed by atoms with Crippen molar-refractivity contribution in [1.82, 2.24) is 10.2 Å². The minimum absolute atomic E-state index is 0.0369. The molecular weight excluding hydrogens is 388 g/mol. The summed E-state index contributed by atoms with van der Waals surface area (Å²) in [6, 6.07) is 15.4. The van der Waals surface area contributed by atoms with E-state index < -0.39 is 6.04 Å². The molecule has 2 aromatic rings. The van der Waals surface area contributed by atoms with Gasteiger partial charge in [0.2, 0.25) is 11.8 Å². The Morgan fingerprint density at radius 2 is 1.81 bits per heavy atom. The van der Waals surface area contributed by atoms with E-state index in [1.807, 2.05) is 56.3 Å². The second kappa shape index (κ2) is 11.0. The van der Waals surface area contributed by atoms with Crippen molar-refractivity contribution < 1.29 is 14.3 Å². The zero-order chi connectivity index (χ0) is 22.2. The van der Waals surface area contributed by atoms with E-state index in [1.165, 1.54) is 0 Å². The molecule has 1 unspecified atom stereocenters. The lowest BCUT2D eigenvalue weighted by molar-refractivity contribution is -0.141. The largest absolute Gasteiger partial charge is 0.497 e. The van der Waals surface area contributed by atoms with Crippen molar-refractivity contribution in [3.63, 3.8) is 0 Å². The number of nitrogens with one attached hydrogen (secondary N) is 1. The van der Waals surface area contributed by atoms with E-state index in [1.54, 1.807) is 12.0 Å². The average molecular weight is 423 g/mol. The third kappa shape index (κ3) is 6.33. The number of carbonyl (C=O) groups excluding carboxylic acids is 2.